The van der Waals surface area contributed by atoms with Gasteiger partial charge in [0.15, 0.2) is 0 Å². The highest BCUT2D eigenvalue weighted by Gasteiger charge is 2.62. The van der Waals surface area contributed by atoms with Crippen molar-refractivity contribution in [1.29, 1.82) is 0 Å². The van der Waals surface area contributed by atoms with Gasteiger partial charge in [-0.1, -0.05) is 13.8 Å². The van der Waals surface area contributed by atoms with Gasteiger partial charge in [0.1, 0.15) is 0 Å². The molecule has 0 heterocycles. The van der Waals surface area contributed by atoms with Gasteiger partial charge < -0.3 is 15.1 Å². The Kier molecular flexibility index (Phi) is 4.77. The molecule has 4 saturated carbocycles. The van der Waals surface area contributed by atoms with E-state index < -0.39 is 12.2 Å². The lowest BCUT2D eigenvalue weighted by molar-refractivity contribution is -0.174. The van der Waals surface area contributed by atoms with Crippen molar-refractivity contribution in [2.45, 2.75) is 90.4 Å². The van der Waals surface area contributed by atoms with Crippen molar-refractivity contribution >= 4 is 0 Å². The molecule has 3 heteroatoms. The van der Waals surface area contributed by atoms with E-state index in [1.165, 1.54) is 32.1 Å². The van der Waals surface area contributed by atoms with Crippen molar-refractivity contribution < 1.29 is 10.2 Å². The standard InChI is InChI=1S/C23H41NO2/c1-14(24(4)5)16-8-9-17-15-6-7-19-21(26)20(25)11-13-23(19,3)18(15)10-12-22(16,17)2/h14-21,25-26H,6-13H2,1-5H3/t14?,15?,16?,17?,18?,19?,20-,21?,22?,23?/m0/s1. The second-order valence-electron chi connectivity index (χ2n) is 11.1. The van der Waals surface area contributed by atoms with Gasteiger partial charge in [-0.3, -0.25) is 0 Å². The van der Waals surface area contributed by atoms with Crippen LogP contribution in [0.5, 0.6) is 0 Å². The predicted molar refractivity (Wildman–Crippen MR) is 106 cm³/mol. The van der Waals surface area contributed by atoms with E-state index in [1.807, 2.05) is 0 Å². The summed E-state index contributed by atoms with van der Waals surface area (Å²) in [6, 6.07) is 0.667. The molecule has 0 aliphatic heterocycles. The predicted octanol–water partition coefficient (Wildman–Crippen LogP) is 3.93. The molecule has 4 aliphatic rings. The summed E-state index contributed by atoms with van der Waals surface area (Å²) in [5.41, 5.74) is 0.745. The van der Waals surface area contributed by atoms with Crippen LogP contribution in [0, 0.1) is 40.4 Å². The van der Waals surface area contributed by atoms with Gasteiger partial charge in [-0.05, 0) is 113 Å². The molecule has 26 heavy (non-hydrogen) atoms. The van der Waals surface area contributed by atoms with E-state index in [2.05, 4.69) is 39.8 Å². The summed E-state index contributed by atoms with van der Waals surface area (Å²) in [6.45, 7) is 7.50. The van der Waals surface area contributed by atoms with Crippen LogP contribution in [0.15, 0.2) is 0 Å². The van der Waals surface area contributed by atoms with Crippen molar-refractivity contribution in [2.24, 2.45) is 40.4 Å². The maximum Gasteiger partial charge on any atom is 0.0832 e. The molecule has 0 aromatic carbocycles. The summed E-state index contributed by atoms with van der Waals surface area (Å²) in [4.78, 5) is 2.43. The molecule has 150 valence electrons. The number of aliphatic hydroxyl groups is 2. The van der Waals surface area contributed by atoms with Gasteiger partial charge in [-0.2, -0.15) is 0 Å². The third-order valence-corrected chi connectivity index (χ3v) is 10.2. The first-order valence-electron chi connectivity index (χ1n) is 11.2. The van der Waals surface area contributed by atoms with Crippen LogP contribution in [0.4, 0.5) is 0 Å². The fraction of sp³-hybridized carbons (Fsp3) is 1.00. The summed E-state index contributed by atoms with van der Waals surface area (Å²) >= 11 is 0. The van der Waals surface area contributed by atoms with Crippen molar-refractivity contribution in [3.63, 3.8) is 0 Å². The Morgan fingerprint density at radius 3 is 2.12 bits per heavy atom. The molecule has 4 fully saturated rings. The molecular weight excluding hydrogens is 322 g/mol. The lowest BCUT2D eigenvalue weighted by Gasteiger charge is -2.62. The van der Waals surface area contributed by atoms with Crippen LogP contribution in [0.2, 0.25) is 0 Å². The topological polar surface area (TPSA) is 43.7 Å². The van der Waals surface area contributed by atoms with Crippen LogP contribution < -0.4 is 0 Å². The van der Waals surface area contributed by atoms with E-state index in [-0.39, 0.29) is 5.41 Å². The van der Waals surface area contributed by atoms with Crippen LogP contribution in [-0.4, -0.2) is 47.5 Å². The quantitative estimate of drug-likeness (QED) is 0.781. The minimum atomic E-state index is -0.493. The number of rotatable bonds is 2. The Balaban J connectivity index is 1.59. The Morgan fingerprint density at radius 2 is 1.42 bits per heavy atom. The average Bonchev–Trinajstić information content (AvgIpc) is 2.95. The van der Waals surface area contributed by atoms with Gasteiger partial charge in [0.2, 0.25) is 0 Å². The molecular formula is C23H41NO2. The molecule has 10 atom stereocenters. The Hall–Kier alpha value is -0.120. The van der Waals surface area contributed by atoms with Crippen molar-refractivity contribution in [1.82, 2.24) is 4.90 Å². The summed E-state index contributed by atoms with van der Waals surface area (Å²) in [5.74, 6) is 3.62. The second-order valence-corrected chi connectivity index (χ2v) is 11.1. The number of hydrogen-bond donors (Lipinski definition) is 2. The van der Waals surface area contributed by atoms with Crippen molar-refractivity contribution in [3.8, 4) is 0 Å². The maximum absolute atomic E-state index is 10.7. The number of nitrogens with zero attached hydrogens (tertiary/aromatic N) is 1. The van der Waals surface area contributed by atoms with Gasteiger partial charge in [-0.25, -0.2) is 0 Å². The number of fused-ring (bicyclic) bond motifs is 5. The lowest BCUT2D eigenvalue weighted by Crippen LogP contribution is -2.58. The van der Waals surface area contributed by atoms with Gasteiger partial charge in [-0.15, -0.1) is 0 Å². The zero-order chi connectivity index (χ0) is 18.9. The van der Waals surface area contributed by atoms with Crippen LogP contribution in [0.25, 0.3) is 0 Å². The maximum atomic E-state index is 10.7. The van der Waals surface area contributed by atoms with Gasteiger partial charge >= 0.3 is 0 Å². The van der Waals surface area contributed by atoms with E-state index in [1.54, 1.807) is 0 Å². The normalized spacial score (nSPS) is 55.2. The summed E-state index contributed by atoms with van der Waals surface area (Å²) in [7, 11) is 4.49. The SMILES string of the molecule is CC(C1CCC2C3CCC4C(O)[C@@H](O)CCC4(C)C3CCC21C)N(C)C. The third kappa shape index (κ3) is 2.56. The highest BCUT2D eigenvalue weighted by atomic mass is 16.3. The van der Waals surface area contributed by atoms with Crippen molar-refractivity contribution in [2.75, 3.05) is 14.1 Å². The fourth-order valence-electron chi connectivity index (χ4n) is 8.51. The molecule has 2 N–H and O–H groups in total. The van der Waals surface area contributed by atoms with Crippen LogP contribution in [0.1, 0.15) is 72.1 Å². The number of aliphatic hydroxyl groups excluding tert-OH is 2. The van der Waals surface area contributed by atoms with E-state index in [0.717, 1.165) is 42.9 Å². The summed E-state index contributed by atoms with van der Waals surface area (Å²) < 4.78 is 0. The van der Waals surface area contributed by atoms with Crippen LogP contribution in [0.3, 0.4) is 0 Å². The molecule has 0 bridgehead atoms. The first-order valence-corrected chi connectivity index (χ1v) is 11.2. The molecule has 0 aromatic heterocycles. The summed E-state index contributed by atoms with van der Waals surface area (Å²) in [6.07, 6.45) is 8.82. The van der Waals surface area contributed by atoms with Gasteiger partial charge in [0, 0.05) is 6.04 Å². The summed E-state index contributed by atoms with van der Waals surface area (Å²) in [5, 5.41) is 20.9. The first kappa shape index (κ1) is 19.2. The Bertz CT molecular complexity index is 536. The lowest BCUT2D eigenvalue weighted by atomic mass is 9.44. The van der Waals surface area contributed by atoms with Crippen LogP contribution >= 0.6 is 0 Å². The minimum Gasteiger partial charge on any atom is -0.390 e. The van der Waals surface area contributed by atoms with Crippen LogP contribution in [-0.2, 0) is 0 Å². The molecule has 4 aliphatic carbocycles. The molecule has 0 aromatic rings. The van der Waals surface area contributed by atoms with Gasteiger partial charge in [0.05, 0.1) is 12.2 Å². The molecule has 0 spiro atoms. The smallest absolute Gasteiger partial charge is 0.0832 e. The van der Waals surface area contributed by atoms with E-state index >= 15 is 0 Å². The average molecular weight is 364 g/mol. The Labute approximate surface area is 160 Å². The minimum absolute atomic E-state index is 0.244. The molecule has 0 radical (unpaired) electrons. The first-order chi connectivity index (χ1) is 12.2. The van der Waals surface area contributed by atoms with E-state index in [9.17, 15) is 10.2 Å². The fourth-order valence-corrected chi connectivity index (χ4v) is 8.51. The third-order valence-electron chi connectivity index (χ3n) is 10.2. The van der Waals surface area contributed by atoms with E-state index in [4.69, 9.17) is 0 Å². The molecule has 0 saturated heterocycles. The van der Waals surface area contributed by atoms with Gasteiger partial charge in [0.25, 0.3) is 0 Å². The molecule has 4 rings (SSSR count). The molecule has 3 nitrogen and oxygen atoms in total. The second kappa shape index (κ2) is 6.46. The zero-order valence-electron chi connectivity index (χ0n) is 17.6. The largest absolute Gasteiger partial charge is 0.390 e. The highest BCUT2D eigenvalue weighted by molar-refractivity contribution is 5.11. The Morgan fingerprint density at radius 1 is 0.808 bits per heavy atom. The molecule has 0 amide bonds. The molecule has 9 unspecified atom stereocenters. The monoisotopic (exact) mass is 363 g/mol. The van der Waals surface area contributed by atoms with Crippen molar-refractivity contribution in [3.05, 3.63) is 0 Å². The zero-order valence-corrected chi connectivity index (χ0v) is 17.6. The number of hydrogen-bond acceptors (Lipinski definition) is 3. The highest BCUT2D eigenvalue weighted by Crippen LogP contribution is 2.67. The van der Waals surface area contributed by atoms with E-state index in [0.29, 0.717) is 17.4 Å².